The van der Waals surface area contributed by atoms with Gasteiger partial charge in [0.1, 0.15) is 12.1 Å². The first kappa shape index (κ1) is 15.3. The standard InChI is InChI=1S/C15H22N8/c1-16-15(18-11-14-20-19-12-21(14)2)23-9-7-22(8-10-23)13-5-3-4-6-17-13/h3-6,12H,7-11H2,1-2H3,(H,16,18). The van der Waals surface area contributed by atoms with Gasteiger partial charge in [-0.05, 0) is 12.1 Å². The third kappa shape index (κ3) is 3.58. The third-order valence-electron chi connectivity index (χ3n) is 3.97. The van der Waals surface area contributed by atoms with Crippen LogP contribution >= 0.6 is 0 Å². The molecule has 2 aromatic heterocycles. The van der Waals surface area contributed by atoms with E-state index in [2.05, 4.69) is 41.4 Å². The van der Waals surface area contributed by atoms with E-state index in [0.717, 1.165) is 43.8 Å². The summed E-state index contributed by atoms with van der Waals surface area (Å²) in [5.41, 5.74) is 0. The Kier molecular flexibility index (Phi) is 4.70. The molecule has 0 aliphatic carbocycles. The number of guanidine groups is 1. The monoisotopic (exact) mass is 314 g/mol. The number of piperazine rings is 1. The highest BCUT2D eigenvalue weighted by Gasteiger charge is 2.20. The van der Waals surface area contributed by atoms with Gasteiger partial charge in [-0.2, -0.15) is 0 Å². The van der Waals surface area contributed by atoms with Crippen molar-refractivity contribution in [3.8, 4) is 0 Å². The van der Waals surface area contributed by atoms with Crippen molar-refractivity contribution in [3.63, 3.8) is 0 Å². The van der Waals surface area contributed by atoms with E-state index in [-0.39, 0.29) is 0 Å². The van der Waals surface area contributed by atoms with Crippen molar-refractivity contribution >= 4 is 11.8 Å². The molecule has 2 aromatic rings. The first-order chi connectivity index (χ1) is 11.3. The highest BCUT2D eigenvalue weighted by atomic mass is 15.4. The minimum Gasteiger partial charge on any atom is -0.353 e. The summed E-state index contributed by atoms with van der Waals surface area (Å²) < 4.78 is 1.90. The molecule has 1 fully saturated rings. The van der Waals surface area contributed by atoms with Gasteiger partial charge in [0.2, 0.25) is 0 Å². The first-order valence-corrected chi connectivity index (χ1v) is 7.72. The number of hydrogen-bond donors (Lipinski definition) is 1. The van der Waals surface area contributed by atoms with Gasteiger partial charge in [-0.15, -0.1) is 10.2 Å². The Labute approximate surface area is 135 Å². The summed E-state index contributed by atoms with van der Waals surface area (Å²) >= 11 is 0. The molecule has 3 heterocycles. The van der Waals surface area contributed by atoms with Gasteiger partial charge in [0, 0.05) is 46.5 Å². The van der Waals surface area contributed by atoms with E-state index in [0.29, 0.717) is 6.54 Å². The van der Waals surface area contributed by atoms with E-state index in [1.165, 1.54) is 0 Å². The maximum Gasteiger partial charge on any atom is 0.194 e. The molecule has 8 heteroatoms. The summed E-state index contributed by atoms with van der Waals surface area (Å²) in [5, 5.41) is 11.3. The van der Waals surface area contributed by atoms with E-state index in [4.69, 9.17) is 0 Å². The Bertz CT molecular complexity index is 643. The van der Waals surface area contributed by atoms with Gasteiger partial charge in [0.05, 0.1) is 6.54 Å². The lowest BCUT2D eigenvalue weighted by atomic mass is 10.3. The van der Waals surface area contributed by atoms with Crippen LogP contribution in [0.25, 0.3) is 0 Å². The van der Waals surface area contributed by atoms with Crippen LogP contribution in [-0.4, -0.2) is 63.8 Å². The molecule has 1 saturated heterocycles. The third-order valence-corrected chi connectivity index (χ3v) is 3.97. The molecule has 0 spiro atoms. The van der Waals surface area contributed by atoms with Crippen molar-refractivity contribution in [1.29, 1.82) is 0 Å². The Balaban J connectivity index is 1.54. The van der Waals surface area contributed by atoms with E-state index >= 15 is 0 Å². The number of aliphatic imine (C=N–C) groups is 1. The number of rotatable bonds is 3. The lowest BCUT2D eigenvalue weighted by molar-refractivity contribution is 0.370. The zero-order chi connectivity index (χ0) is 16.1. The van der Waals surface area contributed by atoms with Crippen LogP contribution in [0.3, 0.4) is 0 Å². The molecule has 1 N–H and O–H groups in total. The molecular formula is C15H22N8. The fourth-order valence-corrected chi connectivity index (χ4v) is 2.65. The average Bonchev–Trinajstić information content (AvgIpc) is 3.02. The molecule has 122 valence electrons. The number of anilines is 1. The van der Waals surface area contributed by atoms with Gasteiger partial charge in [-0.25, -0.2) is 4.98 Å². The molecule has 1 aliphatic heterocycles. The van der Waals surface area contributed by atoms with Crippen molar-refractivity contribution in [2.75, 3.05) is 38.1 Å². The van der Waals surface area contributed by atoms with E-state index in [9.17, 15) is 0 Å². The molecule has 0 bridgehead atoms. The van der Waals surface area contributed by atoms with Crippen LogP contribution in [0.2, 0.25) is 0 Å². The molecule has 0 aromatic carbocycles. The second-order valence-electron chi connectivity index (χ2n) is 5.42. The van der Waals surface area contributed by atoms with E-state index in [1.807, 2.05) is 37.0 Å². The Morgan fingerprint density at radius 1 is 1.26 bits per heavy atom. The molecule has 8 nitrogen and oxygen atoms in total. The number of pyridine rings is 1. The molecule has 0 saturated carbocycles. The quantitative estimate of drug-likeness (QED) is 0.640. The summed E-state index contributed by atoms with van der Waals surface area (Å²) in [6, 6.07) is 6.02. The smallest absolute Gasteiger partial charge is 0.194 e. The van der Waals surface area contributed by atoms with Crippen molar-refractivity contribution < 1.29 is 0 Å². The first-order valence-electron chi connectivity index (χ1n) is 7.72. The zero-order valence-electron chi connectivity index (χ0n) is 13.6. The van der Waals surface area contributed by atoms with E-state index < -0.39 is 0 Å². The lowest BCUT2D eigenvalue weighted by Gasteiger charge is -2.37. The van der Waals surface area contributed by atoms with Crippen LogP contribution in [0.15, 0.2) is 35.7 Å². The second-order valence-corrected chi connectivity index (χ2v) is 5.42. The number of nitrogens with one attached hydrogen (secondary N) is 1. The van der Waals surface area contributed by atoms with Crippen LogP contribution in [0, 0.1) is 0 Å². The van der Waals surface area contributed by atoms with Crippen LogP contribution in [-0.2, 0) is 13.6 Å². The minimum atomic E-state index is 0.615. The van der Waals surface area contributed by atoms with Gasteiger partial charge in [0.15, 0.2) is 11.8 Å². The molecule has 0 radical (unpaired) electrons. The summed E-state index contributed by atoms with van der Waals surface area (Å²) in [4.78, 5) is 13.4. The molecule has 0 unspecified atom stereocenters. The SMILES string of the molecule is CN=C(NCc1nncn1C)N1CCN(c2ccccn2)CC1. The molecular weight excluding hydrogens is 292 g/mol. The number of aryl methyl sites for hydroxylation is 1. The Morgan fingerprint density at radius 2 is 2.09 bits per heavy atom. The maximum absolute atomic E-state index is 4.42. The van der Waals surface area contributed by atoms with Crippen molar-refractivity contribution in [1.82, 2.24) is 30.0 Å². The topological polar surface area (TPSA) is 74.5 Å². The van der Waals surface area contributed by atoms with Crippen molar-refractivity contribution in [2.45, 2.75) is 6.54 Å². The van der Waals surface area contributed by atoms with Crippen LogP contribution in [0.4, 0.5) is 5.82 Å². The molecule has 1 aliphatic rings. The minimum absolute atomic E-state index is 0.615. The van der Waals surface area contributed by atoms with Gasteiger partial charge in [-0.1, -0.05) is 6.07 Å². The number of aromatic nitrogens is 4. The Morgan fingerprint density at radius 3 is 2.70 bits per heavy atom. The summed E-state index contributed by atoms with van der Waals surface area (Å²) in [6.07, 6.45) is 3.54. The summed E-state index contributed by atoms with van der Waals surface area (Å²) in [7, 11) is 3.75. The lowest BCUT2D eigenvalue weighted by Crippen LogP contribution is -2.52. The second kappa shape index (κ2) is 7.08. The summed E-state index contributed by atoms with van der Waals surface area (Å²) in [6.45, 7) is 4.30. The normalized spacial score (nSPS) is 15.8. The fourth-order valence-electron chi connectivity index (χ4n) is 2.65. The maximum atomic E-state index is 4.42. The van der Waals surface area contributed by atoms with Crippen LogP contribution in [0.5, 0.6) is 0 Å². The van der Waals surface area contributed by atoms with Crippen LogP contribution in [0.1, 0.15) is 5.82 Å². The Hall–Kier alpha value is -2.64. The predicted octanol–water partition coefficient (Wildman–Crippen LogP) is 0.108. The van der Waals surface area contributed by atoms with Crippen molar-refractivity contribution in [2.24, 2.45) is 12.0 Å². The predicted molar refractivity (Wildman–Crippen MR) is 89.2 cm³/mol. The summed E-state index contributed by atoms with van der Waals surface area (Å²) in [5.74, 6) is 2.82. The van der Waals surface area contributed by atoms with Gasteiger partial charge in [-0.3, -0.25) is 4.99 Å². The number of nitrogens with zero attached hydrogens (tertiary/aromatic N) is 7. The zero-order valence-corrected chi connectivity index (χ0v) is 13.6. The van der Waals surface area contributed by atoms with Gasteiger partial charge in [0.25, 0.3) is 0 Å². The molecule has 0 atom stereocenters. The average molecular weight is 314 g/mol. The van der Waals surface area contributed by atoms with E-state index in [1.54, 1.807) is 6.33 Å². The highest BCUT2D eigenvalue weighted by molar-refractivity contribution is 5.80. The molecule has 3 rings (SSSR count). The highest BCUT2D eigenvalue weighted by Crippen LogP contribution is 2.12. The fraction of sp³-hybridized carbons (Fsp3) is 0.467. The number of hydrogen-bond acceptors (Lipinski definition) is 5. The molecule has 23 heavy (non-hydrogen) atoms. The molecule has 0 amide bonds. The van der Waals surface area contributed by atoms with Crippen LogP contribution < -0.4 is 10.2 Å². The van der Waals surface area contributed by atoms with Gasteiger partial charge >= 0.3 is 0 Å². The van der Waals surface area contributed by atoms with Crippen molar-refractivity contribution in [3.05, 3.63) is 36.5 Å². The van der Waals surface area contributed by atoms with Gasteiger partial charge < -0.3 is 19.7 Å². The largest absolute Gasteiger partial charge is 0.353 e.